The van der Waals surface area contributed by atoms with Crippen molar-refractivity contribution in [3.63, 3.8) is 0 Å². The van der Waals surface area contributed by atoms with E-state index in [2.05, 4.69) is 29.0 Å². The molecule has 2 heterocycles. The van der Waals surface area contributed by atoms with Gasteiger partial charge < -0.3 is 10.2 Å². The molecular weight excluding hydrogens is 360 g/mol. The second kappa shape index (κ2) is 6.65. The van der Waals surface area contributed by atoms with E-state index in [1.54, 1.807) is 31.2 Å². The molecule has 3 aromatic rings. The van der Waals surface area contributed by atoms with Crippen LogP contribution in [0.3, 0.4) is 0 Å². The number of hydrogen-bond donors (Lipinski definition) is 1. The van der Waals surface area contributed by atoms with E-state index in [-0.39, 0.29) is 4.90 Å². The van der Waals surface area contributed by atoms with Gasteiger partial charge in [-0.05, 0) is 45.0 Å². The summed E-state index contributed by atoms with van der Waals surface area (Å²) in [6.45, 7) is 7.79. The Morgan fingerprint density at radius 1 is 1.00 bits per heavy atom. The number of piperazine rings is 1. The Morgan fingerprint density at radius 3 is 2.33 bits per heavy atom. The first-order valence-electron chi connectivity index (χ1n) is 9.17. The van der Waals surface area contributed by atoms with Gasteiger partial charge in [-0.1, -0.05) is 24.3 Å². The zero-order valence-electron chi connectivity index (χ0n) is 15.8. The molecule has 2 atom stereocenters. The predicted octanol–water partition coefficient (Wildman–Crippen LogP) is 2.77. The number of aromatic nitrogens is 2. The number of fused-ring (bicyclic) bond motifs is 1. The summed E-state index contributed by atoms with van der Waals surface area (Å²) in [5.41, 5.74) is 2.33. The molecule has 1 saturated heterocycles. The van der Waals surface area contributed by atoms with E-state index in [1.165, 1.54) is 3.97 Å². The topological polar surface area (TPSA) is 67.2 Å². The monoisotopic (exact) mass is 384 g/mol. The lowest BCUT2D eigenvalue weighted by Crippen LogP contribution is -2.54. The highest BCUT2D eigenvalue weighted by Crippen LogP contribution is 2.30. The van der Waals surface area contributed by atoms with Crippen molar-refractivity contribution in [3.05, 3.63) is 54.4 Å². The Labute approximate surface area is 159 Å². The van der Waals surface area contributed by atoms with Crippen LogP contribution < -0.4 is 10.2 Å². The summed E-state index contributed by atoms with van der Waals surface area (Å²) in [7, 11) is -3.70. The number of imidazole rings is 1. The maximum Gasteiger partial charge on any atom is 0.269 e. The van der Waals surface area contributed by atoms with Crippen molar-refractivity contribution in [3.8, 4) is 0 Å². The summed E-state index contributed by atoms with van der Waals surface area (Å²) in [6, 6.07) is 15.0. The zero-order chi connectivity index (χ0) is 19.2. The Morgan fingerprint density at radius 2 is 1.67 bits per heavy atom. The minimum atomic E-state index is -3.70. The van der Waals surface area contributed by atoms with E-state index < -0.39 is 10.0 Å². The third-order valence-electron chi connectivity index (χ3n) is 4.96. The van der Waals surface area contributed by atoms with Crippen LogP contribution >= 0.6 is 0 Å². The summed E-state index contributed by atoms with van der Waals surface area (Å²) in [6.07, 6.45) is 0. The molecule has 1 aromatic heterocycles. The fourth-order valence-corrected chi connectivity index (χ4v) is 5.47. The van der Waals surface area contributed by atoms with Crippen LogP contribution in [0.15, 0.2) is 53.4 Å². The van der Waals surface area contributed by atoms with Gasteiger partial charge in [-0.3, -0.25) is 0 Å². The van der Waals surface area contributed by atoms with Crippen LogP contribution in [0.2, 0.25) is 0 Å². The maximum atomic E-state index is 13.2. The lowest BCUT2D eigenvalue weighted by Gasteiger charge is -2.37. The van der Waals surface area contributed by atoms with Crippen LogP contribution in [-0.4, -0.2) is 42.5 Å². The number of para-hydroxylation sites is 1. The van der Waals surface area contributed by atoms with Crippen LogP contribution in [0.1, 0.15) is 19.7 Å². The van der Waals surface area contributed by atoms with Gasteiger partial charge in [0, 0.05) is 25.2 Å². The maximum absolute atomic E-state index is 13.2. The number of aryl methyl sites for hydroxylation is 1. The highest BCUT2D eigenvalue weighted by atomic mass is 32.2. The Bertz CT molecular complexity index is 1070. The average molecular weight is 385 g/mol. The SMILES string of the molecule is Cc1nc2c(N3C[C@@H](C)N[C@@H](C)C3)cccc2n1S(=O)(=O)c1ccccc1. The summed E-state index contributed by atoms with van der Waals surface area (Å²) in [5.74, 6) is 0.470. The fraction of sp³-hybridized carbons (Fsp3) is 0.350. The van der Waals surface area contributed by atoms with Gasteiger partial charge in [0.1, 0.15) is 11.3 Å². The summed E-state index contributed by atoms with van der Waals surface area (Å²) < 4.78 is 27.8. The first-order chi connectivity index (χ1) is 12.9. The van der Waals surface area contributed by atoms with Crippen LogP contribution in [0.4, 0.5) is 5.69 Å². The zero-order valence-corrected chi connectivity index (χ0v) is 16.6. The van der Waals surface area contributed by atoms with E-state index in [9.17, 15) is 8.42 Å². The molecule has 0 spiro atoms. The third kappa shape index (κ3) is 3.11. The average Bonchev–Trinajstić information content (AvgIpc) is 2.98. The molecule has 1 fully saturated rings. The van der Waals surface area contributed by atoms with Crippen molar-refractivity contribution < 1.29 is 8.42 Å². The van der Waals surface area contributed by atoms with Crippen molar-refractivity contribution in [1.29, 1.82) is 0 Å². The van der Waals surface area contributed by atoms with Gasteiger partial charge in [-0.15, -0.1) is 0 Å². The Balaban J connectivity index is 1.87. The molecule has 4 rings (SSSR count). The normalized spacial score (nSPS) is 20.9. The summed E-state index contributed by atoms with van der Waals surface area (Å²) >= 11 is 0. The van der Waals surface area contributed by atoms with Crippen LogP contribution in [-0.2, 0) is 10.0 Å². The van der Waals surface area contributed by atoms with Gasteiger partial charge in [-0.25, -0.2) is 17.4 Å². The number of hydrogen-bond acceptors (Lipinski definition) is 5. The standard InChI is InChI=1S/C20H24N4O2S/c1-14-12-23(13-15(2)21-14)18-10-7-11-19-20(18)22-16(3)24(19)27(25,26)17-8-5-4-6-9-17/h4-11,14-15,21H,12-13H2,1-3H3/t14-,15+. The number of anilines is 1. The molecule has 27 heavy (non-hydrogen) atoms. The van der Waals surface area contributed by atoms with E-state index in [0.717, 1.165) is 24.3 Å². The lowest BCUT2D eigenvalue weighted by atomic mass is 10.1. The molecule has 1 aliphatic rings. The minimum absolute atomic E-state index is 0.266. The van der Waals surface area contributed by atoms with Crippen molar-refractivity contribution in [2.24, 2.45) is 0 Å². The summed E-state index contributed by atoms with van der Waals surface area (Å²) in [4.78, 5) is 7.21. The second-order valence-electron chi connectivity index (χ2n) is 7.26. The third-order valence-corrected chi connectivity index (χ3v) is 6.77. The smallest absolute Gasteiger partial charge is 0.269 e. The van der Waals surface area contributed by atoms with Gasteiger partial charge >= 0.3 is 0 Å². The molecular formula is C20H24N4O2S. The first-order valence-corrected chi connectivity index (χ1v) is 10.6. The molecule has 2 aromatic carbocycles. The van der Waals surface area contributed by atoms with E-state index in [4.69, 9.17) is 0 Å². The van der Waals surface area contributed by atoms with Crippen LogP contribution in [0, 0.1) is 6.92 Å². The molecule has 0 saturated carbocycles. The molecule has 142 valence electrons. The van der Waals surface area contributed by atoms with E-state index >= 15 is 0 Å². The minimum Gasteiger partial charge on any atom is -0.367 e. The number of benzene rings is 2. The van der Waals surface area contributed by atoms with Gasteiger partial charge in [0.25, 0.3) is 10.0 Å². The Hall–Kier alpha value is -2.38. The first kappa shape index (κ1) is 18.0. The molecule has 1 N–H and O–H groups in total. The molecule has 1 aliphatic heterocycles. The van der Waals surface area contributed by atoms with Crippen molar-refractivity contribution >= 4 is 26.7 Å². The molecule has 0 bridgehead atoms. The molecule has 0 unspecified atom stereocenters. The van der Waals surface area contributed by atoms with Crippen molar-refractivity contribution in [1.82, 2.24) is 14.3 Å². The number of nitrogens with zero attached hydrogens (tertiary/aromatic N) is 3. The highest BCUT2D eigenvalue weighted by Gasteiger charge is 2.27. The molecule has 0 radical (unpaired) electrons. The van der Waals surface area contributed by atoms with Crippen LogP contribution in [0.5, 0.6) is 0 Å². The van der Waals surface area contributed by atoms with Gasteiger partial charge in [0.05, 0.1) is 16.1 Å². The van der Waals surface area contributed by atoms with E-state index in [0.29, 0.717) is 23.4 Å². The van der Waals surface area contributed by atoms with Gasteiger partial charge in [-0.2, -0.15) is 0 Å². The molecule has 7 heteroatoms. The molecule has 6 nitrogen and oxygen atoms in total. The van der Waals surface area contributed by atoms with Gasteiger partial charge in [0.15, 0.2) is 0 Å². The second-order valence-corrected chi connectivity index (χ2v) is 9.05. The van der Waals surface area contributed by atoms with E-state index in [1.807, 2.05) is 24.3 Å². The predicted molar refractivity (Wildman–Crippen MR) is 108 cm³/mol. The largest absolute Gasteiger partial charge is 0.367 e. The quantitative estimate of drug-likeness (QED) is 0.752. The lowest BCUT2D eigenvalue weighted by molar-refractivity contribution is 0.407. The van der Waals surface area contributed by atoms with Gasteiger partial charge in [0.2, 0.25) is 0 Å². The van der Waals surface area contributed by atoms with Crippen molar-refractivity contribution in [2.75, 3.05) is 18.0 Å². The van der Waals surface area contributed by atoms with Crippen LogP contribution in [0.25, 0.3) is 11.0 Å². The fourth-order valence-electron chi connectivity index (χ4n) is 3.96. The molecule has 0 aliphatic carbocycles. The summed E-state index contributed by atoms with van der Waals surface area (Å²) in [5, 5.41) is 3.53. The molecule has 0 amide bonds. The highest BCUT2D eigenvalue weighted by molar-refractivity contribution is 7.90. The number of rotatable bonds is 3. The number of nitrogens with one attached hydrogen (secondary N) is 1. The Kier molecular flexibility index (Phi) is 4.44. The van der Waals surface area contributed by atoms with Crippen molar-refractivity contribution in [2.45, 2.75) is 37.8 Å².